The second kappa shape index (κ2) is 5.26. The molecule has 4 nitrogen and oxygen atoms in total. The molecule has 1 aliphatic heterocycles. The van der Waals surface area contributed by atoms with E-state index >= 15 is 0 Å². The van der Waals surface area contributed by atoms with Crippen molar-refractivity contribution in [3.63, 3.8) is 0 Å². The Bertz CT molecular complexity index is 636. The molecular formula is C17H21N3O. The Kier molecular flexibility index (Phi) is 3.26. The molecular weight excluding hydrogens is 262 g/mol. The maximum atomic E-state index is 5.59. The van der Waals surface area contributed by atoms with Crippen molar-refractivity contribution < 1.29 is 4.52 Å². The fourth-order valence-corrected chi connectivity index (χ4v) is 3.70. The minimum Gasteiger partial charge on any atom is -0.339 e. The van der Waals surface area contributed by atoms with Crippen LogP contribution in [0.1, 0.15) is 54.4 Å². The smallest absolute Gasteiger partial charge is 0.231 e. The number of aromatic nitrogens is 2. The number of fused-ring (bicyclic) bond motifs is 1. The van der Waals surface area contributed by atoms with E-state index in [0.29, 0.717) is 17.8 Å². The molecule has 1 N–H and O–H groups in total. The van der Waals surface area contributed by atoms with Gasteiger partial charge in [-0.2, -0.15) is 4.98 Å². The van der Waals surface area contributed by atoms with Gasteiger partial charge >= 0.3 is 0 Å². The van der Waals surface area contributed by atoms with E-state index in [-0.39, 0.29) is 0 Å². The van der Waals surface area contributed by atoms with Gasteiger partial charge in [-0.25, -0.2) is 0 Å². The molecule has 1 aromatic heterocycles. The Labute approximate surface area is 124 Å². The largest absolute Gasteiger partial charge is 0.339 e. The highest BCUT2D eigenvalue weighted by atomic mass is 16.5. The minimum absolute atomic E-state index is 0.303. The molecule has 0 saturated carbocycles. The maximum Gasteiger partial charge on any atom is 0.231 e. The van der Waals surface area contributed by atoms with Gasteiger partial charge in [-0.05, 0) is 42.9 Å². The van der Waals surface area contributed by atoms with Crippen molar-refractivity contribution in [1.29, 1.82) is 0 Å². The quantitative estimate of drug-likeness (QED) is 0.920. The Hall–Kier alpha value is -1.68. The number of hydrogen-bond donors (Lipinski definition) is 1. The van der Waals surface area contributed by atoms with Crippen LogP contribution in [0.5, 0.6) is 0 Å². The fourth-order valence-electron chi connectivity index (χ4n) is 3.70. The van der Waals surface area contributed by atoms with Crippen molar-refractivity contribution in [1.82, 2.24) is 15.5 Å². The van der Waals surface area contributed by atoms with E-state index in [1.54, 1.807) is 0 Å². The van der Waals surface area contributed by atoms with E-state index in [4.69, 9.17) is 9.51 Å². The summed E-state index contributed by atoms with van der Waals surface area (Å²) in [6.45, 7) is 4.23. The summed E-state index contributed by atoms with van der Waals surface area (Å²) in [6.07, 6.45) is 3.49. The van der Waals surface area contributed by atoms with Gasteiger partial charge in [0.1, 0.15) is 0 Å². The van der Waals surface area contributed by atoms with Crippen LogP contribution >= 0.6 is 0 Å². The number of nitrogens with one attached hydrogen (secondary N) is 1. The molecule has 0 spiro atoms. The molecule has 110 valence electrons. The van der Waals surface area contributed by atoms with Crippen molar-refractivity contribution in [2.24, 2.45) is 5.92 Å². The summed E-state index contributed by atoms with van der Waals surface area (Å²) in [7, 11) is 0. The molecule has 1 aromatic carbocycles. The summed E-state index contributed by atoms with van der Waals surface area (Å²) in [4.78, 5) is 4.75. The van der Waals surface area contributed by atoms with Crippen molar-refractivity contribution in [2.75, 3.05) is 13.1 Å². The molecule has 3 atom stereocenters. The number of benzene rings is 1. The number of aryl methyl sites for hydroxylation is 1. The van der Waals surface area contributed by atoms with Gasteiger partial charge in [-0.15, -0.1) is 0 Å². The average molecular weight is 283 g/mol. The van der Waals surface area contributed by atoms with Crippen LogP contribution in [0.4, 0.5) is 0 Å². The van der Waals surface area contributed by atoms with Crippen molar-refractivity contribution in [3.05, 3.63) is 47.1 Å². The Balaban J connectivity index is 1.65. The molecule has 0 radical (unpaired) electrons. The van der Waals surface area contributed by atoms with Crippen LogP contribution in [-0.4, -0.2) is 23.2 Å². The van der Waals surface area contributed by atoms with Gasteiger partial charge in [0.2, 0.25) is 5.89 Å². The lowest BCUT2D eigenvalue weighted by Crippen LogP contribution is -2.13. The molecule has 3 unspecified atom stereocenters. The molecule has 2 heterocycles. The predicted octanol–water partition coefficient (Wildman–Crippen LogP) is 2.86. The summed E-state index contributed by atoms with van der Waals surface area (Å²) in [5, 5.41) is 7.70. The molecule has 21 heavy (non-hydrogen) atoms. The normalized spacial score (nSPS) is 28.5. The predicted molar refractivity (Wildman–Crippen MR) is 80.3 cm³/mol. The third-order valence-corrected chi connectivity index (χ3v) is 4.97. The van der Waals surface area contributed by atoms with E-state index < -0.39 is 0 Å². The molecule has 1 fully saturated rings. The van der Waals surface area contributed by atoms with Crippen LogP contribution in [0.25, 0.3) is 0 Å². The molecule has 2 aromatic rings. The first kappa shape index (κ1) is 13.0. The summed E-state index contributed by atoms with van der Waals surface area (Å²) < 4.78 is 5.59. The summed E-state index contributed by atoms with van der Waals surface area (Å²) in [5.74, 6) is 2.92. The Morgan fingerprint density at radius 3 is 3.00 bits per heavy atom. The minimum atomic E-state index is 0.303. The SMILES string of the molecule is CC1CNCC1c1nc(C2CCCc3ccccc32)no1. The molecule has 2 aliphatic rings. The highest BCUT2D eigenvalue weighted by Gasteiger charge is 2.32. The Morgan fingerprint density at radius 1 is 1.24 bits per heavy atom. The average Bonchev–Trinajstić information content (AvgIpc) is 3.15. The first-order valence-electron chi connectivity index (χ1n) is 7.95. The molecule has 1 saturated heterocycles. The van der Waals surface area contributed by atoms with Gasteiger partial charge < -0.3 is 9.84 Å². The van der Waals surface area contributed by atoms with Gasteiger partial charge in [0.25, 0.3) is 0 Å². The highest BCUT2D eigenvalue weighted by Crippen LogP contribution is 2.36. The summed E-state index contributed by atoms with van der Waals surface area (Å²) >= 11 is 0. The van der Waals surface area contributed by atoms with E-state index in [9.17, 15) is 0 Å². The summed E-state index contributed by atoms with van der Waals surface area (Å²) in [5.41, 5.74) is 2.82. The van der Waals surface area contributed by atoms with Crippen LogP contribution in [0.15, 0.2) is 28.8 Å². The van der Waals surface area contributed by atoms with Crippen LogP contribution in [0.3, 0.4) is 0 Å². The molecule has 0 amide bonds. The standard InChI is InChI=1S/C17H21N3O/c1-11-9-18-10-15(11)17-19-16(20-21-17)14-8-4-6-12-5-2-3-7-13(12)14/h2-3,5,7,11,14-15,18H,4,6,8-10H2,1H3. The van der Waals surface area contributed by atoms with Gasteiger partial charge in [0.15, 0.2) is 5.82 Å². The van der Waals surface area contributed by atoms with E-state index in [0.717, 1.165) is 31.2 Å². The van der Waals surface area contributed by atoms with E-state index in [1.807, 2.05) is 0 Å². The number of rotatable bonds is 2. The lowest BCUT2D eigenvalue weighted by atomic mass is 9.82. The molecule has 4 heteroatoms. The van der Waals surface area contributed by atoms with Gasteiger partial charge in [-0.1, -0.05) is 36.3 Å². The van der Waals surface area contributed by atoms with Crippen LogP contribution < -0.4 is 5.32 Å². The number of nitrogens with zero attached hydrogens (tertiary/aromatic N) is 2. The number of hydrogen-bond acceptors (Lipinski definition) is 4. The van der Waals surface area contributed by atoms with Gasteiger partial charge in [0, 0.05) is 12.5 Å². The van der Waals surface area contributed by atoms with Crippen LogP contribution in [-0.2, 0) is 6.42 Å². The second-order valence-corrected chi connectivity index (χ2v) is 6.38. The zero-order valence-corrected chi connectivity index (χ0v) is 12.4. The van der Waals surface area contributed by atoms with E-state index in [1.165, 1.54) is 24.0 Å². The Morgan fingerprint density at radius 2 is 2.14 bits per heavy atom. The topological polar surface area (TPSA) is 51.0 Å². The first-order valence-corrected chi connectivity index (χ1v) is 7.95. The summed E-state index contributed by atoms with van der Waals surface area (Å²) in [6, 6.07) is 8.68. The van der Waals surface area contributed by atoms with Crippen LogP contribution in [0.2, 0.25) is 0 Å². The van der Waals surface area contributed by atoms with Gasteiger partial charge in [-0.3, -0.25) is 0 Å². The lowest BCUT2D eigenvalue weighted by Gasteiger charge is -2.22. The zero-order chi connectivity index (χ0) is 14.2. The van der Waals surface area contributed by atoms with Crippen molar-refractivity contribution >= 4 is 0 Å². The van der Waals surface area contributed by atoms with Crippen molar-refractivity contribution in [3.8, 4) is 0 Å². The molecule has 4 rings (SSSR count). The monoisotopic (exact) mass is 283 g/mol. The molecule has 1 aliphatic carbocycles. The van der Waals surface area contributed by atoms with E-state index in [2.05, 4.69) is 41.7 Å². The lowest BCUT2D eigenvalue weighted by molar-refractivity contribution is 0.334. The third kappa shape index (κ3) is 2.27. The van der Waals surface area contributed by atoms with Crippen molar-refractivity contribution in [2.45, 2.75) is 38.0 Å². The zero-order valence-electron chi connectivity index (χ0n) is 12.4. The second-order valence-electron chi connectivity index (χ2n) is 6.38. The van der Waals surface area contributed by atoms with Gasteiger partial charge in [0.05, 0.1) is 5.92 Å². The highest BCUT2D eigenvalue weighted by molar-refractivity contribution is 5.36. The van der Waals surface area contributed by atoms with Crippen LogP contribution in [0, 0.1) is 5.92 Å². The molecule has 0 bridgehead atoms. The first-order chi connectivity index (χ1) is 10.3. The third-order valence-electron chi connectivity index (χ3n) is 4.97. The maximum absolute atomic E-state index is 5.59. The fraction of sp³-hybridized carbons (Fsp3) is 0.529.